The SMILES string of the molecule is CC(C)(C)OCCONC(=O)c1cc2[nH]cnc2c(F)c1Nc1ccc(Br)cc1F. The van der Waals surface area contributed by atoms with Crippen LogP contribution >= 0.6 is 15.9 Å². The van der Waals surface area contributed by atoms with E-state index in [4.69, 9.17) is 9.57 Å². The van der Waals surface area contributed by atoms with Crippen LogP contribution in [-0.4, -0.2) is 34.7 Å². The van der Waals surface area contributed by atoms with Crippen molar-refractivity contribution < 1.29 is 23.1 Å². The topological polar surface area (TPSA) is 88.3 Å². The van der Waals surface area contributed by atoms with E-state index >= 15 is 4.39 Å². The van der Waals surface area contributed by atoms with E-state index in [0.717, 1.165) is 0 Å². The van der Waals surface area contributed by atoms with Gasteiger partial charge in [-0.05, 0) is 45.0 Å². The summed E-state index contributed by atoms with van der Waals surface area (Å²) in [5.41, 5.74) is 1.95. The van der Waals surface area contributed by atoms with Crippen molar-refractivity contribution in [3.63, 3.8) is 0 Å². The van der Waals surface area contributed by atoms with Gasteiger partial charge in [0, 0.05) is 4.47 Å². The Bertz CT molecular complexity index is 1070. The number of aromatic amines is 1. The first-order chi connectivity index (χ1) is 14.2. The highest BCUT2D eigenvalue weighted by atomic mass is 79.9. The van der Waals surface area contributed by atoms with Crippen LogP contribution in [0.4, 0.5) is 20.2 Å². The molecule has 3 N–H and O–H groups in total. The van der Waals surface area contributed by atoms with Crippen molar-refractivity contribution in [3.8, 4) is 0 Å². The minimum atomic E-state index is -0.794. The number of amides is 1. The number of fused-ring (bicyclic) bond motifs is 1. The van der Waals surface area contributed by atoms with Gasteiger partial charge in [0.25, 0.3) is 5.91 Å². The normalized spacial score (nSPS) is 11.7. The minimum absolute atomic E-state index is 0.000492. The fourth-order valence-electron chi connectivity index (χ4n) is 2.63. The molecule has 0 aliphatic rings. The molecule has 1 aromatic heterocycles. The van der Waals surface area contributed by atoms with Gasteiger partial charge in [-0.2, -0.15) is 0 Å². The zero-order valence-corrected chi connectivity index (χ0v) is 18.2. The summed E-state index contributed by atoms with van der Waals surface area (Å²) in [7, 11) is 0. The van der Waals surface area contributed by atoms with Crippen LogP contribution < -0.4 is 10.8 Å². The number of hydroxylamine groups is 1. The molecule has 160 valence electrons. The number of halogens is 3. The number of imidazole rings is 1. The van der Waals surface area contributed by atoms with E-state index < -0.39 is 17.5 Å². The molecule has 0 aliphatic carbocycles. The smallest absolute Gasteiger partial charge is 0.277 e. The summed E-state index contributed by atoms with van der Waals surface area (Å²) in [6, 6.07) is 5.66. The molecule has 0 radical (unpaired) electrons. The van der Waals surface area contributed by atoms with Crippen LogP contribution in [0.1, 0.15) is 31.1 Å². The Morgan fingerprint density at radius 3 is 2.70 bits per heavy atom. The van der Waals surface area contributed by atoms with E-state index in [2.05, 4.69) is 36.7 Å². The van der Waals surface area contributed by atoms with Gasteiger partial charge < -0.3 is 15.0 Å². The van der Waals surface area contributed by atoms with Gasteiger partial charge in [0.15, 0.2) is 5.82 Å². The summed E-state index contributed by atoms with van der Waals surface area (Å²) in [4.78, 5) is 24.5. The van der Waals surface area contributed by atoms with Crippen LogP contribution in [0.15, 0.2) is 35.1 Å². The lowest BCUT2D eigenvalue weighted by Crippen LogP contribution is -2.28. The lowest BCUT2D eigenvalue weighted by molar-refractivity contribution is -0.0511. The number of ether oxygens (including phenoxy) is 1. The molecule has 3 rings (SSSR count). The highest BCUT2D eigenvalue weighted by molar-refractivity contribution is 9.10. The van der Waals surface area contributed by atoms with Gasteiger partial charge in [-0.15, -0.1) is 0 Å². The van der Waals surface area contributed by atoms with E-state index in [1.165, 1.54) is 24.5 Å². The third-order valence-corrected chi connectivity index (χ3v) is 4.47. The third-order valence-electron chi connectivity index (χ3n) is 3.97. The Kier molecular flexibility index (Phi) is 6.69. The Hall–Kier alpha value is -2.56. The van der Waals surface area contributed by atoms with E-state index in [9.17, 15) is 9.18 Å². The van der Waals surface area contributed by atoms with Crippen LogP contribution in [0.5, 0.6) is 0 Å². The van der Waals surface area contributed by atoms with Crippen LogP contribution in [0.2, 0.25) is 0 Å². The molecular weight excluding hydrogens is 462 g/mol. The fourth-order valence-corrected chi connectivity index (χ4v) is 2.96. The first kappa shape index (κ1) is 22.1. The Balaban J connectivity index is 1.83. The number of rotatable bonds is 7. The lowest BCUT2D eigenvalue weighted by atomic mass is 10.1. The average molecular weight is 483 g/mol. The largest absolute Gasteiger partial charge is 0.373 e. The van der Waals surface area contributed by atoms with Crippen LogP contribution in [0.25, 0.3) is 11.0 Å². The Morgan fingerprint density at radius 2 is 2.00 bits per heavy atom. The number of H-pyrrole nitrogens is 1. The maximum Gasteiger partial charge on any atom is 0.277 e. The molecule has 0 atom stereocenters. The van der Waals surface area contributed by atoms with Gasteiger partial charge in [-0.1, -0.05) is 15.9 Å². The molecular formula is C20H21BrF2N4O3. The van der Waals surface area contributed by atoms with Crippen molar-refractivity contribution in [2.45, 2.75) is 26.4 Å². The van der Waals surface area contributed by atoms with Gasteiger partial charge in [0.2, 0.25) is 0 Å². The molecule has 1 heterocycles. The maximum atomic E-state index is 15.1. The maximum absolute atomic E-state index is 15.1. The minimum Gasteiger partial charge on any atom is -0.373 e. The molecule has 1 amide bonds. The van der Waals surface area contributed by atoms with Crippen LogP contribution in [0.3, 0.4) is 0 Å². The van der Waals surface area contributed by atoms with Gasteiger partial charge in [0.05, 0.1) is 47.6 Å². The van der Waals surface area contributed by atoms with E-state index in [0.29, 0.717) is 9.99 Å². The monoisotopic (exact) mass is 482 g/mol. The molecule has 30 heavy (non-hydrogen) atoms. The summed E-state index contributed by atoms with van der Waals surface area (Å²) in [6.07, 6.45) is 1.31. The number of carbonyl (C=O) groups excluding carboxylic acids is 1. The second-order valence-electron chi connectivity index (χ2n) is 7.40. The standard InChI is InChI=1S/C20H21BrF2N4O3/c1-20(2,3)29-6-7-30-27-19(28)12-9-15-18(25-10-24-15)16(23)17(12)26-14-5-4-11(21)8-13(14)22/h4-5,8-10,26H,6-7H2,1-3H3,(H,24,25)(H,27,28). The van der Waals surface area contributed by atoms with Crippen molar-refractivity contribution in [1.82, 2.24) is 15.4 Å². The summed E-state index contributed by atoms with van der Waals surface area (Å²) in [5, 5.41) is 2.65. The predicted octanol–water partition coefficient (Wildman–Crippen LogP) is 4.82. The number of nitrogens with zero attached hydrogens (tertiary/aromatic N) is 1. The summed E-state index contributed by atoms with van der Waals surface area (Å²) >= 11 is 3.17. The van der Waals surface area contributed by atoms with E-state index in [1.54, 1.807) is 6.07 Å². The molecule has 2 aromatic carbocycles. The number of anilines is 2. The highest BCUT2D eigenvalue weighted by Crippen LogP contribution is 2.31. The van der Waals surface area contributed by atoms with Crippen molar-refractivity contribution in [1.29, 1.82) is 0 Å². The van der Waals surface area contributed by atoms with Crippen molar-refractivity contribution >= 4 is 44.2 Å². The fraction of sp³-hybridized carbons (Fsp3) is 0.300. The van der Waals surface area contributed by atoms with E-state index in [-0.39, 0.29) is 41.3 Å². The average Bonchev–Trinajstić information content (AvgIpc) is 3.13. The van der Waals surface area contributed by atoms with Crippen molar-refractivity contribution in [2.24, 2.45) is 0 Å². The first-order valence-corrected chi connectivity index (χ1v) is 9.89. The van der Waals surface area contributed by atoms with Crippen molar-refractivity contribution in [3.05, 3.63) is 52.3 Å². The van der Waals surface area contributed by atoms with Gasteiger partial charge in [0.1, 0.15) is 11.3 Å². The quantitative estimate of drug-likeness (QED) is 0.331. The highest BCUT2D eigenvalue weighted by Gasteiger charge is 2.22. The Morgan fingerprint density at radius 1 is 1.23 bits per heavy atom. The summed E-state index contributed by atoms with van der Waals surface area (Å²) in [6.45, 7) is 6.04. The number of carbonyl (C=O) groups is 1. The molecule has 0 spiro atoms. The third kappa shape index (κ3) is 5.32. The first-order valence-electron chi connectivity index (χ1n) is 9.09. The second-order valence-corrected chi connectivity index (χ2v) is 8.32. The molecule has 0 aliphatic heterocycles. The zero-order valence-electron chi connectivity index (χ0n) is 16.6. The van der Waals surface area contributed by atoms with Gasteiger partial charge >= 0.3 is 0 Å². The second kappa shape index (κ2) is 9.07. The number of hydrogen-bond donors (Lipinski definition) is 3. The lowest BCUT2D eigenvalue weighted by Gasteiger charge is -2.19. The predicted molar refractivity (Wildman–Crippen MR) is 113 cm³/mol. The molecule has 0 unspecified atom stereocenters. The number of benzene rings is 2. The number of nitrogens with one attached hydrogen (secondary N) is 3. The number of hydrogen-bond acceptors (Lipinski definition) is 5. The van der Waals surface area contributed by atoms with Crippen LogP contribution in [-0.2, 0) is 9.57 Å². The summed E-state index contributed by atoms with van der Waals surface area (Å²) < 4.78 is 35.4. The molecule has 3 aromatic rings. The molecule has 7 nitrogen and oxygen atoms in total. The Labute approximate surface area is 180 Å². The number of aromatic nitrogens is 2. The molecule has 0 fully saturated rings. The molecule has 0 bridgehead atoms. The van der Waals surface area contributed by atoms with Gasteiger partial charge in [-0.3, -0.25) is 9.63 Å². The molecule has 0 saturated heterocycles. The molecule has 10 heteroatoms. The zero-order chi connectivity index (χ0) is 21.9. The van der Waals surface area contributed by atoms with Crippen LogP contribution in [0, 0.1) is 11.6 Å². The van der Waals surface area contributed by atoms with Crippen molar-refractivity contribution in [2.75, 3.05) is 18.5 Å². The van der Waals surface area contributed by atoms with E-state index in [1.807, 2.05) is 20.8 Å². The van der Waals surface area contributed by atoms with Gasteiger partial charge in [-0.25, -0.2) is 19.2 Å². The summed E-state index contributed by atoms with van der Waals surface area (Å²) in [5.74, 6) is -2.12. The molecule has 0 saturated carbocycles.